The molecule has 1 spiro atoms. The van der Waals surface area contributed by atoms with Crippen molar-refractivity contribution in [3.05, 3.63) is 72.0 Å². The largest absolute Gasteiger partial charge is 0.365 e. The Morgan fingerprint density at radius 3 is 2.71 bits per heavy atom. The number of ketones is 2. The second-order valence-corrected chi connectivity index (χ2v) is 12.1. The van der Waals surface area contributed by atoms with Crippen LogP contribution in [0.15, 0.2) is 66.4 Å². The minimum atomic E-state index is -1.32. The highest BCUT2D eigenvalue weighted by atomic mass is 16.6. The number of H-pyrrole nitrogens is 1. The van der Waals surface area contributed by atoms with Crippen LogP contribution in [0.5, 0.6) is 0 Å². The minimum absolute atomic E-state index is 0.0297. The van der Waals surface area contributed by atoms with E-state index in [1.807, 2.05) is 31.3 Å². The van der Waals surface area contributed by atoms with Crippen LogP contribution in [0.2, 0.25) is 0 Å². The predicted molar refractivity (Wildman–Crippen MR) is 146 cm³/mol. The Morgan fingerprint density at radius 1 is 1.11 bits per heavy atom. The van der Waals surface area contributed by atoms with Gasteiger partial charge in [-0.3, -0.25) is 14.4 Å². The number of nitrogens with one attached hydrogen (secondary N) is 2. The molecule has 0 bridgehead atoms. The molecule has 2 aliphatic heterocycles. The summed E-state index contributed by atoms with van der Waals surface area (Å²) in [6.45, 7) is 8.31. The fraction of sp³-hybridized carbons (Fsp3) is 0.469. The molecule has 3 fully saturated rings. The lowest BCUT2D eigenvalue weighted by molar-refractivity contribution is -0.145. The smallest absolute Gasteiger partial charge is 0.235 e. The Kier molecular flexibility index (Phi) is 5.87. The number of carbonyl (C=O) groups excluding carboxylic acids is 3. The van der Waals surface area contributed by atoms with Crippen LogP contribution in [0, 0.1) is 29.1 Å². The molecule has 6 rings (SSSR count). The molecule has 1 saturated carbocycles. The van der Waals surface area contributed by atoms with E-state index >= 15 is 0 Å². The summed E-state index contributed by atoms with van der Waals surface area (Å²) in [4.78, 5) is 44.4. The Labute approximate surface area is 223 Å². The van der Waals surface area contributed by atoms with E-state index in [1.54, 1.807) is 0 Å². The molecular weight excluding hydrogens is 476 g/mol. The van der Waals surface area contributed by atoms with Gasteiger partial charge in [-0.25, -0.2) is 0 Å². The summed E-state index contributed by atoms with van der Waals surface area (Å²) in [5.41, 5.74) is 1.44. The van der Waals surface area contributed by atoms with Gasteiger partial charge in [-0.15, -0.1) is 0 Å². The Morgan fingerprint density at radius 2 is 1.89 bits per heavy atom. The Bertz CT molecular complexity index is 1420. The fourth-order valence-corrected chi connectivity index (χ4v) is 7.70. The third-order valence-corrected chi connectivity index (χ3v) is 9.65. The zero-order chi connectivity index (χ0) is 26.8. The van der Waals surface area contributed by atoms with Crippen molar-refractivity contribution >= 4 is 28.4 Å². The van der Waals surface area contributed by atoms with Gasteiger partial charge in [0.2, 0.25) is 5.91 Å². The molecule has 2 N–H and O–H groups in total. The van der Waals surface area contributed by atoms with E-state index in [0.717, 1.165) is 28.5 Å². The van der Waals surface area contributed by atoms with Crippen molar-refractivity contribution in [2.45, 2.75) is 64.7 Å². The predicted octanol–water partition coefficient (Wildman–Crippen LogP) is 4.86. The summed E-state index contributed by atoms with van der Waals surface area (Å²) in [6.07, 6.45) is 12.5. The number of hydrogen-bond acceptors (Lipinski definition) is 4. The van der Waals surface area contributed by atoms with E-state index in [1.165, 1.54) is 12.2 Å². The molecule has 6 heteroatoms. The summed E-state index contributed by atoms with van der Waals surface area (Å²) in [6, 6.07) is 7.90. The molecule has 198 valence electrons. The number of aromatic amines is 1. The molecular formula is C32H36N2O4. The van der Waals surface area contributed by atoms with Crippen LogP contribution in [0.3, 0.4) is 0 Å². The Hall–Kier alpha value is -3.25. The van der Waals surface area contributed by atoms with Crippen LogP contribution < -0.4 is 5.32 Å². The highest BCUT2D eigenvalue weighted by Gasteiger charge is 2.78. The molecule has 2 aliphatic carbocycles. The van der Waals surface area contributed by atoms with Gasteiger partial charge < -0.3 is 15.0 Å². The van der Waals surface area contributed by atoms with Crippen molar-refractivity contribution in [3.8, 4) is 0 Å². The number of hydrogen-bond donors (Lipinski definition) is 2. The van der Waals surface area contributed by atoms with Crippen molar-refractivity contribution in [3.63, 3.8) is 0 Å². The molecule has 38 heavy (non-hydrogen) atoms. The number of amides is 1. The summed E-state index contributed by atoms with van der Waals surface area (Å²) < 4.78 is 6.35. The molecule has 4 aliphatic rings. The zero-order valence-corrected chi connectivity index (χ0v) is 22.5. The summed E-state index contributed by atoms with van der Waals surface area (Å²) in [7, 11) is 0. The first-order valence-corrected chi connectivity index (χ1v) is 13.8. The van der Waals surface area contributed by atoms with Crippen LogP contribution in [0.1, 0.15) is 46.1 Å². The maximum Gasteiger partial charge on any atom is 0.235 e. The number of fused-ring (bicyclic) bond motifs is 3. The van der Waals surface area contributed by atoms with Gasteiger partial charge in [0.05, 0.1) is 11.7 Å². The van der Waals surface area contributed by atoms with E-state index < -0.39 is 16.9 Å². The average molecular weight is 513 g/mol. The first-order valence-electron chi connectivity index (χ1n) is 13.8. The third-order valence-electron chi connectivity index (χ3n) is 9.65. The maximum absolute atomic E-state index is 14.2. The average Bonchev–Trinajstić information content (AvgIpc) is 3.28. The number of rotatable bonds is 2. The monoisotopic (exact) mass is 512 g/mol. The van der Waals surface area contributed by atoms with Gasteiger partial charge in [0.1, 0.15) is 5.41 Å². The molecule has 0 unspecified atom stereocenters. The first-order chi connectivity index (χ1) is 18.2. The lowest BCUT2D eigenvalue weighted by atomic mass is 9.51. The van der Waals surface area contributed by atoms with Gasteiger partial charge in [0.25, 0.3) is 0 Å². The van der Waals surface area contributed by atoms with E-state index in [9.17, 15) is 14.4 Å². The summed E-state index contributed by atoms with van der Waals surface area (Å²) in [5, 5.41) is 4.39. The van der Waals surface area contributed by atoms with Crippen molar-refractivity contribution in [1.82, 2.24) is 10.3 Å². The van der Waals surface area contributed by atoms with Gasteiger partial charge >= 0.3 is 0 Å². The van der Waals surface area contributed by atoms with Gasteiger partial charge in [-0.1, -0.05) is 55.8 Å². The van der Waals surface area contributed by atoms with Crippen LogP contribution in [-0.2, 0) is 25.5 Å². The summed E-state index contributed by atoms with van der Waals surface area (Å²) >= 11 is 0. The SMILES string of the molecule is C/C1=C/[C@@H](C)C/C=C\[C@H]2[C@@H]3O[C@]3(C)[C@@H](C)[C@H]3[C@H](Cc4c[nH]c5ccccc45)NC(=O)[C@@]32C(=O)/C=C\C(=O)C1. The van der Waals surface area contributed by atoms with Crippen LogP contribution in [0.4, 0.5) is 0 Å². The second kappa shape index (κ2) is 8.91. The molecule has 1 aromatic carbocycles. The van der Waals surface area contributed by atoms with Crippen molar-refractivity contribution in [2.24, 2.45) is 29.1 Å². The number of aromatic nitrogens is 1. The van der Waals surface area contributed by atoms with Gasteiger partial charge in [-0.05, 0) is 62.3 Å². The fourth-order valence-electron chi connectivity index (χ4n) is 7.70. The zero-order valence-electron chi connectivity index (χ0n) is 22.5. The van der Waals surface area contributed by atoms with E-state index in [4.69, 9.17) is 4.74 Å². The highest BCUT2D eigenvalue weighted by Crippen LogP contribution is 2.66. The number of benzene rings is 1. The molecule has 8 atom stereocenters. The third kappa shape index (κ3) is 3.68. The first kappa shape index (κ1) is 25.1. The topological polar surface area (TPSA) is 91.6 Å². The molecule has 2 aromatic rings. The van der Waals surface area contributed by atoms with E-state index in [-0.39, 0.29) is 53.8 Å². The minimum Gasteiger partial charge on any atom is -0.365 e. The summed E-state index contributed by atoms with van der Waals surface area (Å²) in [5.74, 6) is -1.12. The van der Waals surface area contributed by atoms with Gasteiger partial charge in [0, 0.05) is 41.4 Å². The standard InChI is InChI=1S/C32H36N2O4/c1-18-8-7-10-24-29-31(4,38-29)20(3)28-26(16-21-17-33-25-11-6-5-9-23(21)25)34-30(37)32(24,28)27(36)13-12-22(35)15-19(2)14-18/h5-7,9-14,17-18,20,24,26,28-29,33H,8,15-16H2,1-4H3,(H,34,37)/b10-7-,13-12-,19-14-/t18-,20-,24-,26-,28-,29-,31+,32-/m0/s1. The van der Waals surface area contributed by atoms with E-state index in [2.05, 4.69) is 55.4 Å². The van der Waals surface area contributed by atoms with Crippen molar-refractivity contribution < 1.29 is 19.1 Å². The number of carbonyl (C=O) groups is 3. The number of allylic oxidation sites excluding steroid dienone is 5. The second-order valence-electron chi connectivity index (χ2n) is 12.1. The maximum atomic E-state index is 14.2. The molecule has 3 heterocycles. The number of para-hydroxylation sites is 1. The molecule has 0 radical (unpaired) electrons. The molecule has 1 aromatic heterocycles. The van der Waals surface area contributed by atoms with Crippen LogP contribution in [0.25, 0.3) is 10.9 Å². The van der Waals surface area contributed by atoms with Crippen LogP contribution >= 0.6 is 0 Å². The van der Waals surface area contributed by atoms with Crippen molar-refractivity contribution in [1.29, 1.82) is 0 Å². The normalized spacial score (nSPS) is 41.9. The molecule has 2 saturated heterocycles. The Balaban J connectivity index is 1.46. The van der Waals surface area contributed by atoms with Gasteiger partial charge in [-0.2, -0.15) is 0 Å². The lowest BCUT2D eigenvalue weighted by Gasteiger charge is -2.45. The molecule has 1 amide bonds. The van der Waals surface area contributed by atoms with Gasteiger partial charge in [0.15, 0.2) is 11.6 Å². The highest BCUT2D eigenvalue weighted by molar-refractivity contribution is 6.15. The lowest BCUT2D eigenvalue weighted by Crippen LogP contribution is -2.58. The van der Waals surface area contributed by atoms with Crippen LogP contribution in [-0.4, -0.2) is 40.2 Å². The number of ether oxygens (including phenoxy) is 1. The quantitative estimate of drug-likeness (QED) is 0.342. The van der Waals surface area contributed by atoms with E-state index in [0.29, 0.717) is 6.42 Å². The number of epoxide rings is 1. The molecule has 6 nitrogen and oxygen atoms in total. The van der Waals surface area contributed by atoms with Crippen molar-refractivity contribution in [2.75, 3.05) is 0 Å².